The van der Waals surface area contributed by atoms with Gasteiger partial charge < -0.3 is 9.88 Å². The minimum atomic E-state index is -0.320. The minimum absolute atomic E-state index is 0.213. The number of hydrogen-bond donors (Lipinski definition) is 1. The molecule has 2 aromatic rings. The number of amides is 1. The molecule has 1 N–H and O–H groups in total. The Morgan fingerprint density at radius 2 is 2.09 bits per heavy atom. The van der Waals surface area contributed by atoms with Crippen molar-refractivity contribution >= 4 is 34.0 Å². The molecular weight excluding hydrogens is 296 g/mol. The van der Waals surface area contributed by atoms with E-state index < -0.39 is 0 Å². The van der Waals surface area contributed by atoms with Gasteiger partial charge in [-0.05, 0) is 30.2 Å². The van der Waals surface area contributed by atoms with Crippen LogP contribution in [-0.2, 0) is 4.79 Å². The molecule has 4 heteroatoms. The van der Waals surface area contributed by atoms with Gasteiger partial charge in [-0.3, -0.25) is 4.79 Å². The zero-order valence-electron chi connectivity index (χ0n) is 13.2. The summed E-state index contributed by atoms with van der Waals surface area (Å²) in [6.45, 7) is 7.36. The number of nitrogens with zero attached hydrogens (tertiary/aromatic N) is 1. The van der Waals surface area contributed by atoms with E-state index in [1.807, 2.05) is 50.1 Å². The van der Waals surface area contributed by atoms with E-state index in [9.17, 15) is 4.79 Å². The number of benzene rings is 1. The fraction of sp³-hybridized carbons (Fsp3) is 0.389. The fourth-order valence-electron chi connectivity index (χ4n) is 2.93. The summed E-state index contributed by atoms with van der Waals surface area (Å²) in [6, 6.07) is 5.89. The van der Waals surface area contributed by atoms with Gasteiger partial charge in [-0.1, -0.05) is 38.4 Å². The average Bonchev–Trinajstić information content (AvgIpc) is 2.88. The predicted octanol–water partition coefficient (Wildman–Crippen LogP) is 4.48. The Hall–Kier alpha value is -1.74. The van der Waals surface area contributed by atoms with Crippen LogP contribution in [0.25, 0.3) is 16.5 Å². The maximum Gasteiger partial charge on any atom is 0.228 e. The second-order valence-corrected chi connectivity index (χ2v) is 7.31. The summed E-state index contributed by atoms with van der Waals surface area (Å²) in [5.74, 6) is 0.213. The first-order valence-electron chi connectivity index (χ1n) is 7.62. The lowest BCUT2D eigenvalue weighted by Crippen LogP contribution is -2.41. The van der Waals surface area contributed by atoms with Crippen LogP contribution in [-0.4, -0.2) is 28.9 Å². The molecule has 1 aromatic heterocycles. The maximum absolute atomic E-state index is 12.3. The molecule has 0 saturated carbocycles. The third kappa shape index (κ3) is 2.78. The van der Waals surface area contributed by atoms with Crippen LogP contribution in [0, 0.1) is 5.41 Å². The van der Waals surface area contributed by atoms with Crippen molar-refractivity contribution in [1.82, 2.24) is 9.88 Å². The normalized spacial score (nSPS) is 16.0. The smallest absolute Gasteiger partial charge is 0.228 e. The summed E-state index contributed by atoms with van der Waals surface area (Å²) in [7, 11) is 0. The van der Waals surface area contributed by atoms with Gasteiger partial charge in [0.25, 0.3) is 0 Å². The third-order valence-electron chi connectivity index (χ3n) is 4.13. The largest absolute Gasteiger partial charge is 0.361 e. The Morgan fingerprint density at radius 3 is 2.73 bits per heavy atom. The van der Waals surface area contributed by atoms with E-state index in [2.05, 4.69) is 11.1 Å². The van der Waals surface area contributed by atoms with Crippen LogP contribution in [0.15, 0.2) is 30.5 Å². The van der Waals surface area contributed by atoms with E-state index in [4.69, 9.17) is 11.6 Å². The Kier molecular flexibility index (Phi) is 3.77. The highest BCUT2D eigenvalue weighted by atomic mass is 35.5. The molecule has 0 fully saturated rings. The number of carbonyl (C=O) groups excluding carboxylic acids is 1. The van der Waals surface area contributed by atoms with Crippen LogP contribution < -0.4 is 0 Å². The molecule has 3 rings (SSSR count). The van der Waals surface area contributed by atoms with Gasteiger partial charge in [-0.15, -0.1) is 0 Å². The predicted molar refractivity (Wildman–Crippen MR) is 91.9 cm³/mol. The first kappa shape index (κ1) is 15.2. The number of aromatic nitrogens is 1. The number of halogens is 1. The number of aromatic amines is 1. The van der Waals surface area contributed by atoms with E-state index >= 15 is 0 Å². The molecule has 0 atom stereocenters. The second-order valence-electron chi connectivity index (χ2n) is 6.87. The summed E-state index contributed by atoms with van der Waals surface area (Å²) in [6.07, 6.45) is 5.08. The van der Waals surface area contributed by atoms with Crippen LogP contribution in [0.2, 0.25) is 5.02 Å². The monoisotopic (exact) mass is 316 g/mol. The summed E-state index contributed by atoms with van der Waals surface area (Å²) in [5, 5.41) is 1.89. The molecule has 1 aromatic carbocycles. The molecule has 1 aliphatic heterocycles. The molecule has 116 valence electrons. The molecule has 3 nitrogen and oxygen atoms in total. The number of nitrogens with one attached hydrogen (secondary N) is 1. The molecule has 1 aliphatic rings. The lowest BCUT2D eigenvalue weighted by molar-refractivity contribution is -0.138. The topological polar surface area (TPSA) is 36.1 Å². The van der Waals surface area contributed by atoms with Gasteiger partial charge in [0, 0.05) is 46.2 Å². The summed E-state index contributed by atoms with van der Waals surface area (Å²) in [5.41, 5.74) is 3.25. The number of H-pyrrole nitrogens is 1. The molecule has 22 heavy (non-hydrogen) atoms. The van der Waals surface area contributed by atoms with E-state index in [0.29, 0.717) is 6.54 Å². The van der Waals surface area contributed by atoms with Crippen LogP contribution in [0.3, 0.4) is 0 Å². The van der Waals surface area contributed by atoms with Gasteiger partial charge in [0.2, 0.25) is 5.91 Å². The van der Waals surface area contributed by atoms with Crippen molar-refractivity contribution in [3.05, 3.63) is 41.1 Å². The molecule has 1 amide bonds. The quantitative estimate of drug-likeness (QED) is 0.827. The number of hydrogen-bond acceptors (Lipinski definition) is 1. The van der Waals surface area contributed by atoms with Gasteiger partial charge in [0.1, 0.15) is 0 Å². The zero-order chi connectivity index (χ0) is 15.9. The first-order valence-corrected chi connectivity index (χ1v) is 7.99. The van der Waals surface area contributed by atoms with Gasteiger partial charge in [0.15, 0.2) is 0 Å². The van der Waals surface area contributed by atoms with E-state index in [0.717, 1.165) is 28.9 Å². The van der Waals surface area contributed by atoms with E-state index in [-0.39, 0.29) is 11.3 Å². The zero-order valence-corrected chi connectivity index (χ0v) is 14.0. The molecule has 2 heterocycles. The van der Waals surface area contributed by atoms with Crippen molar-refractivity contribution in [2.45, 2.75) is 27.2 Å². The molecule has 0 saturated heterocycles. The van der Waals surface area contributed by atoms with Crippen molar-refractivity contribution < 1.29 is 4.79 Å². The number of carbonyl (C=O) groups is 1. The van der Waals surface area contributed by atoms with Crippen molar-refractivity contribution in [1.29, 1.82) is 0 Å². The Morgan fingerprint density at radius 1 is 1.32 bits per heavy atom. The minimum Gasteiger partial charge on any atom is -0.361 e. The molecule has 0 radical (unpaired) electrons. The fourth-order valence-corrected chi connectivity index (χ4v) is 3.10. The molecule has 0 aliphatic carbocycles. The number of fused-ring (bicyclic) bond motifs is 1. The standard InChI is InChI=1S/C18H21ClN2O/c1-18(2,3)17(22)21-8-6-12(7-9-21)15-11-20-16-5-4-13(19)10-14(15)16/h4-6,10-11,20H,7-9H2,1-3H3. The molecular formula is C18H21ClN2O. The Bertz CT molecular complexity index is 752. The third-order valence-corrected chi connectivity index (χ3v) is 4.36. The van der Waals surface area contributed by atoms with E-state index in [1.165, 1.54) is 11.1 Å². The van der Waals surface area contributed by atoms with Crippen molar-refractivity contribution in [3.63, 3.8) is 0 Å². The van der Waals surface area contributed by atoms with Crippen LogP contribution in [0.1, 0.15) is 32.8 Å². The van der Waals surface area contributed by atoms with Crippen molar-refractivity contribution in [2.24, 2.45) is 5.41 Å². The summed E-state index contributed by atoms with van der Waals surface area (Å²) >= 11 is 6.12. The van der Waals surface area contributed by atoms with Gasteiger partial charge >= 0.3 is 0 Å². The Balaban J connectivity index is 1.86. The summed E-state index contributed by atoms with van der Waals surface area (Å²) < 4.78 is 0. The van der Waals surface area contributed by atoms with Crippen LogP contribution in [0.5, 0.6) is 0 Å². The lowest BCUT2D eigenvalue weighted by Gasteiger charge is -2.32. The lowest BCUT2D eigenvalue weighted by atomic mass is 9.92. The highest BCUT2D eigenvalue weighted by Gasteiger charge is 2.28. The SMILES string of the molecule is CC(C)(C)C(=O)N1CC=C(c2c[nH]c3ccc(Cl)cc23)CC1. The van der Waals surface area contributed by atoms with Gasteiger partial charge in [-0.2, -0.15) is 0 Å². The van der Waals surface area contributed by atoms with Crippen LogP contribution >= 0.6 is 11.6 Å². The van der Waals surface area contributed by atoms with Gasteiger partial charge in [0.05, 0.1) is 0 Å². The molecule has 0 unspecified atom stereocenters. The first-order chi connectivity index (χ1) is 10.4. The molecule has 0 spiro atoms. The Labute approximate surface area is 136 Å². The molecule has 0 bridgehead atoms. The van der Waals surface area contributed by atoms with Crippen LogP contribution in [0.4, 0.5) is 0 Å². The van der Waals surface area contributed by atoms with Crippen molar-refractivity contribution in [2.75, 3.05) is 13.1 Å². The highest BCUT2D eigenvalue weighted by molar-refractivity contribution is 6.31. The summed E-state index contributed by atoms with van der Waals surface area (Å²) in [4.78, 5) is 17.6. The average molecular weight is 317 g/mol. The van der Waals surface area contributed by atoms with Crippen molar-refractivity contribution in [3.8, 4) is 0 Å². The van der Waals surface area contributed by atoms with Gasteiger partial charge in [-0.25, -0.2) is 0 Å². The maximum atomic E-state index is 12.3. The highest BCUT2D eigenvalue weighted by Crippen LogP contribution is 2.31. The second kappa shape index (κ2) is 5.47. The van der Waals surface area contributed by atoms with E-state index in [1.54, 1.807) is 0 Å². The number of rotatable bonds is 1.